The molecule has 1 amide bonds. The number of hydrogen-bond acceptors (Lipinski definition) is 5. The average molecular weight is 464 g/mol. The molecule has 0 saturated heterocycles. The molecular weight excluding hydrogens is 442 g/mol. The highest BCUT2D eigenvalue weighted by atomic mass is 35.5. The largest absolute Gasteiger partial charge is 0.452 e. The zero-order valence-corrected chi connectivity index (χ0v) is 18.7. The number of hydrogen-bond donors (Lipinski definition) is 2. The lowest BCUT2D eigenvalue weighted by Gasteiger charge is -2.09. The van der Waals surface area contributed by atoms with Crippen LogP contribution in [0.2, 0.25) is 5.02 Å². The Hall–Kier alpha value is -3.91. The zero-order valence-electron chi connectivity index (χ0n) is 17.9. The Morgan fingerprint density at radius 2 is 1.94 bits per heavy atom. The van der Waals surface area contributed by atoms with Crippen LogP contribution < -0.4 is 5.32 Å². The molecule has 9 heteroatoms. The summed E-state index contributed by atoms with van der Waals surface area (Å²) in [5, 5.41) is 14.6. The van der Waals surface area contributed by atoms with E-state index in [4.69, 9.17) is 16.3 Å². The van der Waals surface area contributed by atoms with Crippen molar-refractivity contribution in [1.29, 1.82) is 0 Å². The minimum atomic E-state index is -0.669. The number of aromatic amines is 1. The number of aromatic nitrogens is 4. The summed E-state index contributed by atoms with van der Waals surface area (Å²) in [4.78, 5) is 25.2. The predicted octanol–water partition coefficient (Wildman–Crippen LogP) is 4.66. The first kappa shape index (κ1) is 22.3. The van der Waals surface area contributed by atoms with Crippen LogP contribution in [0.5, 0.6) is 0 Å². The molecule has 2 aromatic heterocycles. The fourth-order valence-corrected chi connectivity index (χ4v) is 3.55. The summed E-state index contributed by atoms with van der Waals surface area (Å²) < 4.78 is 6.90. The van der Waals surface area contributed by atoms with Crippen LogP contribution in [0.4, 0.5) is 5.82 Å². The van der Waals surface area contributed by atoms with E-state index in [0.29, 0.717) is 22.1 Å². The first-order valence-electron chi connectivity index (χ1n) is 10.5. The van der Waals surface area contributed by atoms with Gasteiger partial charge in [-0.1, -0.05) is 55.3 Å². The van der Waals surface area contributed by atoms with Crippen LogP contribution in [0.1, 0.15) is 29.4 Å². The molecule has 0 saturated carbocycles. The van der Waals surface area contributed by atoms with Gasteiger partial charge in [0.1, 0.15) is 11.4 Å². The number of esters is 1. The van der Waals surface area contributed by atoms with E-state index in [1.807, 2.05) is 36.4 Å². The molecule has 0 atom stereocenters. The molecule has 2 aromatic carbocycles. The first-order valence-corrected chi connectivity index (χ1v) is 10.8. The third kappa shape index (κ3) is 5.30. The van der Waals surface area contributed by atoms with Gasteiger partial charge < -0.3 is 10.1 Å². The van der Waals surface area contributed by atoms with Crippen molar-refractivity contribution in [3.63, 3.8) is 0 Å². The molecule has 8 nitrogen and oxygen atoms in total. The second kappa shape index (κ2) is 10.1. The lowest BCUT2D eigenvalue weighted by atomic mass is 10.1. The molecule has 0 radical (unpaired) electrons. The van der Waals surface area contributed by atoms with E-state index in [0.717, 1.165) is 24.2 Å². The minimum Gasteiger partial charge on any atom is -0.452 e. The quantitative estimate of drug-likeness (QED) is 0.370. The summed E-state index contributed by atoms with van der Waals surface area (Å²) in [6.07, 6.45) is 3.07. The van der Waals surface area contributed by atoms with Crippen molar-refractivity contribution in [2.24, 2.45) is 0 Å². The molecule has 0 fully saturated rings. The van der Waals surface area contributed by atoms with Crippen LogP contribution in [0.3, 0.4) is 0 Å². The number of carbonyl (C=O) groups is 2. The van der Waals surface area contributed by atoms with Gasteiger partial charge in [-0.25, -0.2) is 9.48 Å². The van der Waals surface area contributed by atoms with E-state index in [-0.39, 0.29) is 5.56 Å². The highest BCUT2D eigenvalue weighted by Gasteiger charge is 2.19. The topological polar surface area (TPSA) is 102 Å². The molecule has 4 aromatic rings. The smallest absolute Gasteiger partial charge is 0.342 e. The lowest BCUT2D eigenvalue weighted by Crippen LogP contribution is -2.22. The summed E-state index contributed by atoms with van der Waals surface area (Å²) in [7, 11) is 0. The van der Waals surface area contributed by atoms with Gasteiger partial charge in [0.15, 0.2) is 6.61 Å². The van der Waals surface area contributed by atoms with Gasteiger partial charge in [0.25, 0.3) is 5.91 Å². The normalized spacial score (nSPS) is 10.7. The maximum absolute atomic E-state index is 12.6. The van der Waals surface area contributed by atoms with E-state index in [1.165, 1.54) is 6.20 Å². The number of nitrogens with zero attached hydrogens (tertiary/aromatic N) is 3. The average Bonchev–Trinajstić information content (AvgIpc) is 3.46. The first-order chi connectivity index (χ1) is 16.0. The number of para-hydroxylation sites is 1. The molecule has 0 unspecified atom stereocenters. The number of anilines is 1. The Morgan fingerprint density at radius 3 is 2.70 bits per heavy atom. The van der Waals surface area contributed by atoms with Crippen molar-refractivity contribution in [3.8, 4) is 16.9 Å². The van der Waals surface area contributed by atoms with Crippen molar-refractivity contribution in [2.75, 3.05) is 11.9 Å². The Labute approximate surface area is 195 Å². The number of nitrogens with one attached hydrogen (secondary N) is 2. The summed E-state index contributed by atoms with van der Waals surface area (Å²) in [5.74, 6) is -0.637. The maximum Gasteiger partial charge on any atom is 0.342 e. The van der Waals surface area contributed by atoms with Gasteiger partial charge in [-0.05, 0) is 30.7 Å². The summed E-state index contributed by atoms with van der Waals surface area (Å²) >= 11 is 6.04. The highest BCUT2D eigenvalue weighted by Crippen LogP contribution is 2.24. The third-order valence-corrected chi connectivity index (χ3v) is 5.08. The fourth-order valence-electron chi connectivity index (χ4n) is 3.36. The SMILES string of the molecule is CCCc1cc(NC(=O)COC(=O)c2cn[nH]c2-c2cccc(Cl)c2)n(-c2ccccc2)n1. The van der Waals surface area contributed by atoms with Crippen molar-refractivity contribution < 1.29 is 14.3 Å². The number of carbonyl (C=O) groups excluding carboxylic acids is 2. The van der Waals surface area contributed by atoms with Crippen molar-refractivity contribution in [3.05, 3.63) is 83.1 Å². The standard InChI is InChI=1S/C24H22ClN5O3/c1-2-7-18-13-21(30(29-18)19-10-4-3-5-11-19)27-22(31)15-33-24(32)20-14-26-28-23(20)16-8-6-9-17(25)12-16/h3-6,8-14H,2,7,15H2,1H3,(H,26,28)(H,27,31). The van der Waals surface area contributed by atoms with Crippen molar-refractivity contribution >= 4 is 29.3 Å². The third-order valence-electron chi connectivity index (χ3n) is 4.84. The number of ether oxygens (including phenoxy) is 1. The van der Waals surface area contributed by atoms with Gasteiger partial charge in [0, 0.05) is 16.7 Å². The number of H-pyrrole nitrogens is 1. The maximum atomic E-state index is 12.6. The molecule has 0 aliphatic carbocycles. The molecular formula is C24H22ClN5O3. The van der Waals surface area contributed by atoms with E-state index < -0.39 is 18.5 Å². The monoisotopic (exact) mass is 463 g/mol. The van der Waals surface area contributed by atoms with Crippen LogP contribution in [-0.2, 0) is 16.0 Å². The van der Waals surface area contributed by atoms with Gasteiger partial charge in [-0.2, -0.15) is 10.2 Å². The fraction of sp³-hybridized carbons (Fsp3) is 0.167. The van der Waals surface area contributed by atoms with Gasteiger partial charge >= 0.3 is 5.97 Å². The second-order valence-electron chi connectivity index (χ2n) is 7.31. The minimum absolute atomic E-state index is 0.213. The predicted molar refractivity (Wildman–Crippen MR) is 126 cm³/mol. The molecule has 0 bridgehead atoms. The summed E-state index contributed by atoms with van der Waals surface area (Å²) in [6, 6.07) is 18.3. The van der Waals surface area contributed by atoms with Gasteiger partial charge in [-0.15, -0.1) is 0 Å². The van der Waals surface area contributed by atoms with Crippen LogP contribution in [0.25, 0.3) is 16.9 Å². The van der Waals surface area contributed by atoms with Crippen molar-refractivity contribution in [1.82, 2.24) is 20.0 Å². The Balaban J connectivity index is 1.45. The Morgan fingerprint density at radius 1 is 1.12 bits per heavy atom. The number of aryl methyl sites for hydroxylation is 1. The van der Waals surface area contributed by atoms with E-state index >= 15 is 0 Å². The molecule has 0 aliphatic rings. The second-order valence-corrected chi connectivity index (χ2v) is 7.75. The number of benzene rings is 2. The van der Waals surface area contributed by atoms with Crippen LogP contribution >= 0.6 is 11.6 Å². The Kier molecular flexibility index (Phi) is 6.85. The molecule has 2 N–H and O–H groups in total. The van der Waals surface area contributed by atoms with E-state index in [2.05, 4.69) is 27.5 Å². The van der Waals surface area contributed by atoms with E-state index in [1.54, 1.807) is 28.9 Å². The highest BCUT2D eigenvalue weighted by molar-refractivity contribution is 6.30. The molecule has 4 rings (SSSR count). The summed E-state index contributed by atoms with van der Waals surface area (Å²) in [6.45, 7) is 1.61. The van der Waals surface area contributed by atoms with Crippen LogP contribution in [0, 0.1) is 0 Å². The molecule has 0 aliphatic heterocycles. The molecule has 2 heterocycles. The Bertz CT molecular complexity index is 1270. The van der Waals surface area contributed by atoms with Gasteiger partial charge in [-0.3, -0.25) is 9.89 Å². The molecule has 33 heavy (non-hydrogen) atoms. The van der Waals surface area contributed by atoms with Crippen LogP contribution in [0.15, 0.2) is 66.9 Å². The van der Waals surface area contributed by atoms with Gasteiger partial charge in [0.2, 0.25) is 0 Å². The number of halogens is 1. The van der Waals surface area contributed by atoms with Gasteiger partial charge in [0.05, 0.1) is 23.3 Å². The molecule has 0 spiro atoms. The zero-order chi connectivity index (χ0) is 23.2. The number of rotatable bonds is 8. The number of amides is 1. The molecule has 168 valence electrons. The summed E-state index contributed by atoms with van der Waals surface area (Å²) in [5.41, 5.74) is 3.04. The van der Waals surface area contributed by atoms with Crippen LogP contribution in [-0.4, -0.2) is 38.5 Å². The lowest BCUT2D eigenvalue weighted by molar-refractivity contribution is -0.119. The van der Waals surface area contributed by atoms with Crippen molar-refractivity contribution in [2.45, 2.75) is 19.8 Å². The van der Waals surface area contributed by atoms with E-state index in [9.17, 15) is 9.59 Å².